The first-order chi connectivity index (χ1) is 13.5. The topological polar surface area (TPSA) is 106 Å². The molecular formula is C20H13N3O5. The lowest BCUT2D eigenvalue weighted by Crippen LogP contribution is -2.30. The van der Waals surface area contributed by atoms with Gasteiger partial charge in [0.15, 0.2) is 0 Å². The lowest BCUT2D eigenvalue weighted by molar-refractivity contribution is -0.384. The second-order valence-electron chi connectivity index (χ2n) is 5.94. The monoisotopic (exact) mass is 375 g/mol. The smallest absolute Gasteiger partial charge is 0.333 e. The van der Waals surface area contributed by atoms with Crippen molar-refractivity contribution in [1.82, 2.24) is 5.32 Å². The summed E-state index contributed by atoms with van der Waals surface area (Å²) in [5.41, 5.74) is 0.743. The highest BCUT2D eigenvalue weighted by molar-refractivity contribution is 6.28. The number of para-hydroxylation sites is 2. The van der Waals surface area contributed by atoms with Crippen LogP contribution in [-0.4, -0.2) is 16.9 Å². The molecule has 1 fully saturated rings. The van der Waals surface area contributed by atoms with E-state index in [0.717, 1.165) is 4.90 Å². The molecule has 1 saturated heterocycles. The number of nitrogens with one attached hydrogen (secondary N) is 1. The lowest BCUT2D eigenvalue weighted by atomic mass is 10.1. The van der Waals surface area contributed by atoms with Gasteiger partial charge in [-0.05, 0) is 30.3 Å². The van der Waals surface area contributed by atoms with Crippen LogP contribution in [0.5, 0.6) is 0 Å². The first-order valence-corrected chi connectivity index (χ1v) is 8.30. The number of benzene rings is 2. The molecule has 0 bridgehead atoms. The summed E-state index contributed by atoms with van der Waals surface area (Å²) in [7, 11) is 0. The molecule has 1 aliphatic heterocycles. The van der Waals surface area contributed by atoms with Gasteiger partial charge in [0.25, 0.3) is 11.6 Å². The fraction of sp³-hybridized carbons (Fsp3) is 0. The molecule has 3 aromatic rings. The van der Waals surface area contributed by atoms with E-state index in [1.165, 1.54) is 12.1 Å². The van der Waals surface area contributed by atoms with Crippen LogP contribution in [0.25, 0.3) is 17.4 Å². The Morgan fingerprint density at radius 2 is 1.68 bits per heavy atom. The van der Waals surface area contributed by atoms with Gasteiger partial charge in [0.1, 0.15) is 17.2 Å². The first-order valence-electron chi connectivity index (χ1n) is 8.30. The summed E-state index contributed by atoms with van der Waals surface area (Å²) < 4.78 is 5.64. The van der Waals surface area contributed by atoms with Crippen molar-refractivity contribution < 1.29 is 18.9 Å². The Hall–Kier alpha value is -4.20. The number of anilines is 1. The molecule has 0 spiro atoms. The van der Waals surface area contributed by atoms with Crippen LogP contribution in [0.3, 0.4) is 0 Å². The fourth-order valence-corrected chi connectivity index (χ4v) is 2.91. The van der Waals surface area contributed by atoms with E-state index in [9.17, 15) is 19.7 Å². The summed E-state index contributed by atoms with van der Waals surface area (Å²) in [6.45, 7) is 0. The minimum absolute atomic E-state index is 0.0531. The third-order valence-electron chi connectivity index (χ3n) is 4.17. The van der Waals surface area contributed by atoms with Crippen LogP contribution in [0.1, 0.15) is 5.76 Å². The van der Waals surface area contributed by atoms with Crippen molar-refractivity contribution in [2.45, 2.75) is 0 Å². The number of amides is 3. The van der Waals surface area contributed by atoms with Crippen LogP contribution < -0.4 is 10.2 Å². The molecular weight excluding hydrogens is 362 g/mol. The Morgan fingerprint density at radius 3 is 2.43 bits per heavy atom. The third kappa shape index (κ3) is 3.03. The Balaban J connectivity index is 1.64. The quantitative estimate of drug-likeness (QED) is 0.322. The maximum Gasteiger partial charge on any atom is 0.333 e. The zero-order chi connectivity index (χ0) is 19.7. The zero-order valence-electron chi connectivity index (χ0n) is 14.4. The number of hydrogen-bond acceptors (Lipinski definition) is 5. The van der Waals surface area contributed by atoms with Gasteiger partial charge in [0, 0.05) is 12.1 Å². The van der Waals surface area contributed by atoms with Gasteiger partial charge < -0.3 is 9.73 Å². The van der Waals surface area contributed by atoms with Crippen molar-refractivity contribution in [2.75, 3.05) is 4.90 Å². The maximum atomic E-state index is 12.6. The standard InChI is InChI=1S/C20H13N3O5/c24-19-16(21-20(25)22(19)13-6-2-1-3-7-13)12-14-10-11-18(28-14)15-8-4-5-9-17(15)23(26)27/h1-12H,(H,21,25). The molecule has 138 valence electrons. The Bertz CT molecular complexity index is 1120. The van der Waals surface area contributed by atoms with Gasteiger partial charge in [-0.25, -0.2) is 9.69 Å². The Labute approximate surface area is 158 Å². The summed E-state index contributed by atoms with van der Waals surface area (Å²) >= 11 is 0. The van der Waals surface area contributed by atoms with E-state index in [1.54, 1.807) is 60.7 Å². The largest absolute Gasteiger partial charge is 0.456 e. The summed E-state index contributed by atoms with van der Waals surface area (Å²) in [6, 6.07) is 17.3. The molecule has 0 atom stereocenters. The lowest BCUT2D eigenvalue weighted by Gasteiger charge is -2.10. The number of furan rings is 1. The molecule has 2 aromatic carbocycles. The van der Waals surface area contributed by atoms with Crippen LogP contribution in [0.15, 0.2) is 76.8 Å². The molecule has 0 saturated carbocycles. The highest BCUT2D eigenvalue weighted by Crippen LogP contribution is 2.31. The van der Waals surface area contributed by atoms with Crippen LogP contribution in [0.2, 0.25) is 0 Å². The summed E-state index contributed by atoms with van der Waals surface area (Å²) in [6.07, 6.45) is 1.39. The van der Waals surface area contributed by atoms with E-state index >= 15 is 0 Å². The molecule has 1 aliphatic rings. The highest BCUT2D eigenvalue weighted by Gasteiger charge is 2.35. The second kappa shape index (κ2) is 6.84. The average Bonchev–Trinajstić information content (AvgIpc) is 3.27. The number of urea groups is 1. The van der Waals surface area contributed by atoms with E-state index < -0.39 is 16.9 Å². The van der Waals surface area contributed by atoms with Gasteiger partial charge in [0.2, 0.25) is 0 Å². The van der Waals surface area contributed by atoms with E-state index in [1.807, 2.05) is 0 Å². The molecule has 28 heavy (non-hydrogen) atoms. The number of nitro groups is 1. The van der Waals surface area contributed by atoms with Crippen molar-refractivity contribution >= 4 is 29.4 Å². The van der Waals surface area contributed by atoms with Crippen LogP contribution in [0, 0.1) is 10.1 Å². The number of hydrogen-bond donors (Lipinski definition) is 1. The number of imide groups is 1. The average molecular weight is 375 g/mol. The predicted octanol–water partition coefficient (Wildman–Crippen LogP) is 3.95. The second-order valence-corrected chi connectivity index (χ2v) is 5.94. The van der Waals surface area contributed by atoms with Crippen LogP contribution in [0.4, 0.5) is 16.2 Å². The maximum absolute atomic E-state index is 12.6. The number of carbonyl (C=O) groups is 2. The van der Waals surface area contributed by atoms with Crippen molar-refractivity contribution in [3.05, 3.63) is 88.3 Å². The van der Waals surface area contributed by atoms with Gasteiger partial charge >= 0.3 is 6.03 Å². The van der Waals surface area contributed by atoms with Gasteiger partial charge in [-0.15, -0.1) is 0 Å². The molecule has 1 aromatic heterocycles. The minimum Gasteiger partial charge on any atom is -0.456 e. The van der Waals surface area contributed by atoms with Gasteiger partial charge in [-0.1, -0.05) is 30.3 Å². The van der Waals surface area contributed by atoms with Crippen LogP contribution >= 0.6 is 0 Å². The van der Waals surface area contributed by atoms with E-state index in [0.29, 0.717) is 11.3 Å². The molecule has 0 unspecified atom stereocenters. The summed E-state index contributed by atoms with van der Waals surface area (Å²) in [5.74, 6) is 0.0578. The third-order valence-corrected chi connectivity index (χ3v) is 4.17. The van der Waals surface area contributed by atoms with E-state index in [-0.39, 0.29) is 22.9 Å². The molecule has 1 N–H and O–H groups in total. The van der Waals surface area contributed by atoms with Crippen molar-refractivity contribution in [3.63, 3.8) is 0 Å². The molecule has 3 amide bonds. The first kappa shape index (κ1) is 17.2. The number of rotatable bonds is 4. The molecule has 0 radical (unpaired) electrons. The van der Waals surface area contributed by atoms with Crippen molar-refractivity contribution in [3.8, 4) is 11.3 Å². The predicted molar refractivity (Wildman–Crippen MR) is 101 cm³/mol. The summed E-state index contributed by atoms with van der Waals surface area (Å²) in [5, 5.41) is 13.7. The highest BCUT2D eigenvalue weighted by atomic mass is 16.6. The molecule has 0 aliphatic carbocycles. The number of nitro benzene ring substituents is 1. The molecule has 8 nitrogen and oxygen atoms in total. The Morgan fingerprint density at radius 1 is 0.964 bits per heavy atom. The van der Waals surface area contributed by atoms with E-state index in [2.05, 4.69) is 5.32 Å². The minimum atomic E-state index is -0.562. The van der Waals surface area contributed by atoms with Crippen molar-refractivity contribution in [2.24, 2.45) is 0 Å². The SMILES string of the molecule is O=C1NC(=Cc2ccc(-c3ccccc3[N+](=O)[O-])o2)C(=O)N1c1ccccc1. The molecule has 2 heterocycles. The number of carbonyl (C=O) groups excluding carboxylic acids is 2. The van der Waals surface area contributed by atoms with E-state index in [4.69, 9.17) is 4.42 Å². The zero-order valence-corrected chi connectivity index (χ0v) is 14.4. The molecule has 8 heteroatoms. The van der Waals surface area contributed by atoms with Gasteiger partial charge in [-0.2, -0.15) is 0 Å². The Kier molecular flexibility index (Phi) is 4.21. The normalized spacial score (nSPS) is 15.1. The number of nitrogens with zero attached hydrogens (tertiary/aromatic N) is 2. The van der Waals surface area contributed by atoms with Crippen LogP contribution in [-0.2, 0) is 4.79 Å². The molecule has 4 rings (SSSR count). The van der Waals surface area contributed by atoms with Crippen molar-refractivity contribution in [1.29, 1.82) is 0 Å². The fourth-order valence-electron chi connectivity index (χ4n) is 2.91. The van der Waals surface area contributed by atoms with Gasteiger partial charge in [-0.3, -0.25) is 14.9 Å². The van der Waals surface area contributed by atoms with Gasteiger partial charge in [0.05, 0.1) is 16.2 Å². The summed E-state index contributed by atoms with van der Waals surface area (Å²) in [4.78, 5) is 36.5.